The van der Waals surface area contributed by atoms with Crippen molar-refractivity contribution in [2.75, 3.05) is 18.4 Å². The van der Waals surface area contributed by atoms with Crippen LogP contribution in [0.5, 0.6) is 0 Å². The number of fused-ring (bicyclic) bond motifs is 3. The lowest BCUT2D eigenvalue weighted by molar-refractivity contribution is -0.121. The van der Waals surface area contributed by atoms with Crippen LogP contribution in [-0.2, 0) is 17.9 Å². The molecule has 5 rings (SSSR count). The van der Waals surface area contributed by atoms with Gasteiger partial charge in [-0.3, -0.25) is 9.69 Å². The van der Waals surface area contributed by atoms with Crippen LogP contribution in [0.15, 0.2) is 60.7 Å². The minimum Gasteiger partial charge on any atom is -0.341 e. The summed E-state index contributed by atoms with van der Waals surface area (Å²) in [6, 6.07) is 20.3. The number of nitrogens with one attached hydrogen (secondary N) is 1. The standard InChI is InChI=1S/C27H27Cl2N3O/c1-2-32-25-6-4-3-5-22(25)23-16-21(9-10-26(23)32)30-27(33)18-11-13-31(14-12-18)17-19-7-8-20(28)15-24(19)29/h3-10,15-16,18H,2,11-14,17H2,1H3,(H,30,33). The van der Waals surface area contributed by atoms with Crippen LogP contribution in [0.2, 0.25) is 10.0 Å². The fourth-order valence-corrected chi connectivity index (χ4v) is 5.43. The molecule has 0 radical (unpaired) electrons. The zero-order chi connectivity index (χ0) is 22.9. The van der Waals surface area contributed by atoms with Crippen molar-refractivity contribution in [1.29, 1.82) is 0 Å². The lowest BCUT2D eigenvalue weighted by Gasteiger charge is -2.31. The van der Waals surface area contributed by atoms with Gasteiger partial charge in [-0.2, -0.15) is 0 Å². The smallest absolute Gasteiger partial charge is 0.227 e. The van der Waals surface area contributed by atoms with E-state index in [4.69, 9.17) is 23.2 Å². The number of nitrogens with zero attached hydrogens (tertiary/aromatic N) is 2. The maximum Gasteiger partial charge on any atom is 0.227 e. The molecule has 0 atom stereocenters. The minimum atomic E-state index is 0.0228. The number of carbonyl (C=O) groups excluding carboxylic acids is 1. The van der Waals surface area contributed by atoms with E-state index in [9.17, 15) is 4.79 Å². The molecule has 33 heavy (non-hydrogen) atoms. The van der Waals surface area contributed by atoms with E-state index in [-0.39, 0.29) is 11.8 Å². The van der Waals surface area contributed by atoms with Gasteiger partial charge in [0.1, 0.15) is 0 Å². The second kappa shape index (κ2) is 9.38. The summed E-state index contributed by atoms with van der Waals surface area (Å²) in [5, 5.41) is 6.92. The van der Waals surface area contributed by atoms with E-state index in [1.165, 1.54) is 21.8 Å². The summed E-state index contributed by atoms with van der Waals surface area (Å²) < 4.78 is 2.32. The van der Waals surface area contributed by atoms with Gasteiger partial charge in [0.2, 0.25) is 5.91 Å². The molecule has 3 aromatic carbocycles. The summed E-state index contributed by atoms with van der Waals surface area (Å²) in [5.41, 5.74) is 4.36. The van der Waals surface area contributed by atoms with Gasteiger partial charge < -0.3 is 9.88 Å². The number of carbonyl (C=O) groups is 1. The highest BCUT2D eigenvalue weighted by atomic mass is 35.5. The number of rotatable bonds is 5. The first-order valence-electron chi connectivity index (χ1n) is 11.5. The maximum absolute atomic E-state index is 13.0. The molecule has 0 aliphatic carbocycles. The third kappa shape index (κ3) is 4.48. The highest BCUT2D eigenvalue weighted by molar-refractivity contribution is 6.35. The molecule has 1 aromatic heterocycles. The number of halogens is 2. The number of anilines is 1. The summed E-state index contributed by atoms with van der Waals surface area (Å²) in [4.78, 5) is 15.4. The van der Waals surface area contributed by atoms with Gasteiger partial charge in [-0.05, 0) is 74.8 Å². The minimum absolute atomic E-state index is 0.0228. The lowest BCUT2D eigenvalue weighted by atomic mass is 9.95. The Hall–Kier alpha value is -2.53. The van der Waals surface area contributed by atoms with Crippen molar-refractivity contribution in [2.24, 2.45) is 5.92 Å². The average molecular weight is 480 g/mol. The Morgan fingerprint density at radius 1 is 0.970 bits per heavy atom. The molecular formula is C27H27Cl2N3O. The summed E-state index contributed by atoms with van der Waals surface area (Å²) in [5.74, 6) is 0.132. The molecule has 4 aromatic rings. The molecule has 1 N–H and O–H groups in total. The Morgan fingerprint density at radius 2 is 1.73 bits per heavy atom. The molecule has 1 saturated heterocycles. The number of amides is 1. The molecule has 2 heterocycles. The van der Waals surface area contributed by atoms with Crippen LogP contribution in [0.25, 0.3) is 21.8 Å². The summed E-state index contributed by atoms with van der Waals surface area (Å²) in [7, 11) is 0. The Bertz CT molecular complexity index is 1320. The fourth-order valence-electron chi connectivity index (χ4n) is 4.96. The second-order valence-corrected chi connectivity index (χ2v) is 9.61. The number of para-hydroxylation sites is 1. The monoisotopic (exact) mass is 479 g/mol. The summed E-state index contributed by atoms with van der Waals surface area (Å²) in [6.07, 6.45) is 1.68. The van der Waals surface area contributed by atoms with E-state index in [1.54, 1.807) is 6.07 Å². The van der Waals surface area contributed by atoms with Gasteiger partial charge in [0.25, 0.3) is 0 Å². The first kappa shape index (κ1) is 22.3. The number of benzene rings is 3. The molecule has 0 unspecified atom stereocenters. The zero-order valence-corrected chi connectivity index (χ0v) is 20.2. The van der Waals surface area contributed by atoms with Crippen molar-refractivity contribution in [3.63, 3.8) is 0 Å². The van der Waals surface area contributed by atoms with Gasteiger partial charge in [0.15, 0.2) is 0 Å². The highest BCUT2D eigenvalue weighted by Gasteiger charge is 2.25. The zero-order valence-electron chi connectivity index (χ0n) is 18.7. The SMILES string of the molecule is CCn1c2ccccc2c2cc(NC(=O)C3CCN(Cc4ccc(Cl)cc4Cl)CC3)ccc21. The lowest BCUT2D eigenvalue weighted by Crippen LogP contribution is -2.37. The third-order valence-electron chi connectivity index (χ3n) is 6.72. The average Bonchev–Trinajstić information content (AvgIpc) is 3.14. The van der Waals surface area contributed by atoms with Crippen LogP contribution in [-0.4, -0.2) is 28.5 Å². The summed E-state index contributed by atoms with van der Waals surface area (Å²) in [6.45, 7) is 5.60. The molecule has 0 bridgehead atoms. The predicted molar refractivity (Wildman–Crippen MR) is 138 cm³/mol. The van der Waals surface area contributed by atoms with Crippen LogP contribution in [0.4, 0.5) is 5.69 Å². The van der Waals surface area contributed by atoms with Gasteiger partial charge >= 0.3 is 0 Å². The van der Waals surface area contributed by atoms with E-state index in [0.717, 1.165) is 50.3 Å². The van der Waals surface area contributed by atoms with Crippen LogP contribution >= 0.6 is 23.2 Å². The van der Waals surface area contributed by atoms with Crippen molar-refractivity contribution in [2.45, 2.75) is 32.9 Å². The van der Waals surface area contributed by atoms with Gasteiger partial charge in [0.05, 0.1) is 0 Å². The van der Waals surface area contributed by atoms with E-state index >= 15 is 0 Å². The number of piperidine rings is 1. The molecule has 1 aliphatic heterocycles. The Balaban J connectivity index is 1.25. The number of aryl methyl sites for hydroxylation is 1. The normalized spacial score (nSPS) is 15.4. The maximum atomic E-state index is 13.0. The molecule has 0 saturated carbocycles. The first-order chi connectivity index (χ1) is 16.0. The topological polar surface area (TPSA) is 37.3 Å². The molecular weight excluding hydrogens is 453 g/mol. The molecule has 6 heteroatoms. The third-order valence-corrected chi connectivity index (χ3v) is 7.31. The Kier molecular flexibility index (Phi) is 6.33. The van der Waals surface area contributed by atoms with Gasteiger partial charge in [-0.25, -0.2) is 0 Å². The van der Waals surface area contributed by atoms with Crippen molar-refractivity contribution in [3.8, 4) is 0 Å². The second-order valence-electron chi connectivity index (χ2n) is 8.77. The predicted octanol–water partition coefficient (Wildman–Crippen LogP) is 6.97. The highest BCUT2D eigenvalue weighted by Crippen LogP contribution is 2.31. The van der Waals surface area contributed by atoms with Gasteiger partial charge in [-0.1, -0.05) is 47.5 Å². The number of hydrogen-bond acceptors (Lipinski definition) is 2. The molecule has 1 amide bonds. The first-order valence-corrected chi connectivity index (χ1v) is 12.3. The van der Waals surface area contributed by atoms with Crippen molar-refractivity contribution < 1.29 is 4.79 Å². The van der Waals surface area contributed by atoms with Crippen LogP contribution in [0.3, 0.4) is 0 Å². The molecule has 1 fully saturated rings. The van der Waals surface area contributed by atoms with Gasteiger partial charge in [0, 0.05) is 56.5 Å². The van der Waals surface area contributed by atoms with E-state index in [0.29, 0.717) is 10.0 Å². The molecule has 1 aliphatic rings. The number of aromatic nitrogens is 1. The van der Waals surface area contributed by atoms with Gasteiger partial charge in [-0.15, -0.1) is 0 Å². The Morgan fingerprint density at radius 3 is 2.48 bits per heavy atom. The number of hydrogen-bond donors (Lipinski definition) is 1. The van der Waals surface area contributed by atoms with Crippen molar-refractivity contribution >= 4 is 56.6 Å². The van der Waals surface area contributed by atoms with E-state index < -0.39 is 0 Å². The van der Waals surface area contributed by atoms with Crippen molar-refractivity contribution in [1.82, 2.24) is 9.47 Å². The van der Waals surface area contributed by atoms with E-state index in [2.05, 4.69) is 58.1 Å². The quantitative estimate of drug-likeness (QED) is 0.335. The molecule has 170 valence electrons. The summed E-state index contributed by atoms with van der Waals surface area (Å²) >= 11 is 12.3. The van der Waals surface area contributed by atoms with Crippen LogP contribution in [0.1, 0.15) is 25.3 Å². The van der Waals surface area contributed by atoms with Crippen LogP contribution < -0.4 is 5.32 Å². The van der Waals surface area contributed by atoms with Crippen LogP contribution in [0, 0.1) is 5.92 Å². The van der Waals surface area contributed by atoms with E-state index in [1.807, 2.05) is 18.2 Å². The molecule has 4 nitrogen and oxygen atoms in total. The molecule has 0 spiro atoms. The number of likely N-dealkylation sites (tertiary alicyclic amines) is 1. The Labute approximate surface area is 204 Å². The largest absolute Gasteiger partial charge is 0.341 e. The fraction of sp³-hybridized carbons (Fsp3) is 0.296. The van der Waals surface area contributed by atoms with Crippen molar-refractivity contribution in [3.05, 3.63) is 76.3 Å².